The van der Waals surface area contributed by atoms with Crippen molar-refractivity contribution < 1.29 is 0 Å². The maximum Gasteiger partial charge on any atom is 0.00508 e. The molecule has 0 fully saturated rings. The lowest BCUT2D eigenvalue weighted by Crippen LogP contribution is -2.24. The van der Waals surface area contributed by atoms with Crippen LogP contribution in [-0.4, -0.2) is 19.6 Å². The smallest absolute Gasteiger partial charge is 0.00508 e. The van der Waals surface area contributed by atoms with Crippen molar-refractivity contribution in [2.45, 2.75) is 32.2 Å². The highest BCUT2D eigenvalue weighted by Crippen LogP contribution is 1.95. The van der Waals surface area contributed by atoms with Crippen molar-refractivity contribution in [1.29, 1.82) is 0 Å². The van der Waals surface area contributed by atoms with Gasteiger partial charge in [0.25, 0.3) is 0 Å². The fourth-order valence-electron chi connectivity index (χ4n) is 0.845. The Morgan fingerprint density at radius 3 is 2.56 bits per heavy atom. The average molecular weight is 130 g/mol. The molecule has 0 spiro atoms. The first-order valence-electron chi connectivity index (χ1n) is 3.71. The highest BCUT2D eigenvalue weighted by molar-refractivity contribution is 4.60. The average Bonchev–Trinajstić information content (AvgIpc) is 1.85. The molecule has 0 aliphatic rings. The molecule has 56 valence electrons. The van der Waals surface area contributed by atoms with Crippen molar-refractivity contribution in [3.63, 3.8) is 0 Å². The van der Waals surface area contributed by atoms with E-state index in [9.17, 15) is 0 Å². The third-order valence-electron chi connectivity index (χ3n) is 1.42. The van der Waals surface area contributed by atoms with E-state index in [1.165, 1.54) is 6.42 Å². The van der Waals surface area contributed by atoms with Crippen LogP contribution in [0.5, 0.6) is 0 Å². The Hall–Kier alpha value is -0.0800. The van der Waals surface area contributed by atoms with Gasteiger partial charge in [-0.1, -0.05) is 13.3 Å². The molecule has 0 aliphatic carbocycles. The van der Waals surface area contributed by atoms with Crippen molar-refractivity contribution in [2.24, 2.45) is 5.73 Å². The Morgan fingerprint density at radius 1 is 1.44 bits per heavy atom. The summed E-state index contributed by atoms with van der Waals surface area (Å²) in [5.41, 5.74) is 5.73. The van der Waals surface area contributed by atoms with E-state index in [1.807, 2.05) is 7.05 Å². The normalized spacial score (nSPS) is 13.7. The van der Waals surface area contributed by atoms with Gasteiger partial charge in [-0.15, -0.1) is 0 Å². The second-order valence-electron chi connectivity index (χ2n) is 2.44. The summed E-state index contributed by atoms with van der Waals surface area (Å²) in [7, 11) is 1.96. The minimum absolute atomic E-state index is 0.405. The number of hydrogen-bond acceptors (Lipinski definition) is 2. The zero-order chi connectivity index (χ0) is 7.11. The maximum absolute atomic E-state index is 5.73. The molecule has 0 amide bonds. The van der Waals surface area contributed by atoms with Gasteiger partial charge in [0.1, 0.15) is 0 Å². The molecule has 0 heterocycles. The summed E-state index contributed by atoms with van der Waals surface area (Å²) in [6, 6.07) is 0.405. The minimum atomic E-state index is 0.405. The molecular weight excluding hydrogens is 112 g/mol. The third-order valence-corrected chi connectivity index (χ3v) is 1.42. The first-order valence-corrected chi connectivity index (χ1v) is 3.71. The Labute approximate surface area is 57.8 Å². The van der Waals surface area contributed by atoms with E-state index in [0.29, 0.717) is 6.04 Å². The molecule has 0 saturated carbocycles. The number of nitrogens with one attached hydrogen (secondary N) is 1. The molecule has 0 unspecified atom stereocenters. The molecule has 0 aromatic rings. The first-order chi connectivity index (χ1) is 4.31. The summed E-state index contributed by atoms with van der Waals surface area (Å²) < 4.78 is 0. The molecule has 9 heavy (non-hydrogen) atoms. The van der Waals surface area contributed by atoms with Crippen LogP contribution in [0.1, 0.15) is 26.2 Å². The van der Waals surface area contributed by atoms with Crippen molar-refractivity contribution >= 4 is 0 Å². The SMILES string of the molecule is CCC[C@@H](N)CCNC. The van der Waals surface area contributed by atoms with Crippen LogP contribution in [0.2, 0.25) is 0 Å². The minimum Gasteiger partial charge on any atom is -0.328 e. The lowest BCUT2D eigenvalue weighted by Gasteiger charge is -2.08. The van der Waals surface area contributed by atoms with Gasteiger partial charge in [-0.25, -0.2) is 0 Å². The third kappa shape index (κ3) is 5.80. The fourth-order valence-corrected chi connectivity index (χ4v) is 0.845. The highest BCUT2D eigenvalue weighted by atomic mass is 14.8. The largest absolute Gasteiger partial charge is 0.328 e. The zero-order valence-electron chi connectivity index (χ0n) is 6.48. The predicted octanol–water partition coefficient (Wildman–Crippen LogP) is 0.723. The van der Waals surface area contributed by atoms with Crippen LogP contribution in [0.4, 0.5) is 0 Å². The molecular formula is C7H18N2. The first kappa shape index (κ1) is 8.92. The lowest BCUT2D eigenvalue weighted by atomic mass is 10.1. The summed E-state index contributed by atoms with van der Waals surface area (Å²) in [5, 5.41) is 3.08. The van der Waals surface area contributed by atoms with E-state index in [1.54, 1.807) is 0 Å². The van der Waals surface area contributed by atoms with E-state index >= 15 is 0 Å². The molecule has 2 nitrogen and oxygen atoms in total. The molecule has 0 radical (unpaired) electrons. The predicted molar refractivity (Wildman–Crippen MR) is 41.4 cm³/mol. The molecule has 2 heteroatoms. The highest BCUT2D eigenvalue weighted by Gasteiger charge is 1.97. The summed E-state index contributed by atoms with van der Waals surface area (Å²) >= 11 is 0. The van der Waals surface area contributed by atoms with E-state index in [4.69, 9.17) is 5.73 Å². The Morgan fingerprint density at radius 2 is 2.11 bits per heavy atom. The van der Waals surface area contributed by atoms with Crippen molar-refractivity contribution in [3.8, 4) is 0 Å². The van der Waals surface area contributed by atoms with Crippen LogP contribution >= 0.6 is 0 Å². The second-order valence-corrected chi connectivity index (χ2v) is 2.44. The van der Waals surface area contributed by atoms with Crippen LogP contribution in [0.25, 0.3) is 0 Å². The van der Waals surface area contributed by atoms with E-state index in [-0.39, 0.29) is 0 Å². The van der Waals surface area contributed by atoms with Crippen LogP contribution in [0.15, 0.2) is 0 Å². The van der Waals surface area contributed by atoms with Gasteiger partial charge in [0.05, 0.1) is 0 Å². The molecule has 0 rings (SSSR count). The van der Waals surface area contributed by atoms with Crippen molar-refractivity contribution in [2.75, 3.05) is 13.6 Å². The van der Waals surface area contributed by atoms with Crippen LogP contribution in [0, 0.1) is 0 Å². The van der Waals surface area contributed by atoms with E-state index < -0.39 is 0 Å². The van der Waals surface area contributed by atoms with Crippen LogP contribution in [0.3, 0.4) is 0 Å². The van der Waals surface area contributed by atoms with Gasteiger partial charge in [0, 0.05) is 6.04 Å². The van der Waals surface area contributed by atoms with Crippen LogP contribution < -0.4 is 11.1 Å². The van der Waals surface area contributed by atoms with Gasteiger partial charge in [-0.3, -0.25) is 0 Å². The lowest BCUT2D eigenvalue weighted by molar-refractivity contribution is 0.545. The van der Waals surface area contributed by atoms with Gasteiger partial charge in [0.15, 0.2) is 0 Å². The Balaban J connectivity index is 2.95. The summed E-state index contributed by atoms with van der Waals surface area (Å²) in [6.45, 7) is 3.21. The molecule has 1 atom stereocenters. The number of hydrogen-bond donors (Lipinski definition) is 2. The van der Waals surface area contributed by atoms with E-state index in [2.05, 4.69) is 12.2 Å². The quantitative estimate of drug-likeness (QED) is 0.575. The molecule has 0 aliphatic heterocycles. The number of rotatable bonds is 5. The standard InChI is InChI=1S/C7H18N2/c1-3-4-7(8)5-6-9-2/h7,9H,3-6,8H2,1-2H3/t7-/m1/s1. The van der Waals surface area contributed by atoms with Gasteiger partial charge in [-0.05, 0) is 26.4 Å². The maximum atomic E-state index is 5.73. The molecule has 0 aromatic heterocycles. The summed E-state index contributed by atoms with van der Waals surface area (Å²) in [5.74, 6) is 0. The zero-order valence-corrected chi connectivity index (χ0v) is 6.48. The number of nitrogens with two attached hydrogens (primary N) is 1. The monoisotopic (exact) mass is 130 g/mol. The van der Waals surface area contributed by atoms with Crippen molar-refractivity contribution in [1.82, 2.24) is 5.32 Å². The van der Waals surface area contributed by atoms with E-state index in [0.717, 1.165) is 19.4 Å². The molecule has 0 aromatic carbocycles. The topological polar surface area (TPSA) is 38.0 Å². The molecule has 0 bridgehead atoms. The Kier molecular flexibility index (Phi) is 5.99. The fraction of sp³-hybridized carbons (Fsp3) is 1.00. The van der Waals surface area contributed by atoms with Gasteiger partial charge in [0.2, 0.25) is 0 Å². The molecule has 0 saturated heterocycles. The van der Waals surface area contributed by atoms with Gasteiger partial charge < -0.3 is 11.1 Å². The summed E-state index contributed by atoms with van der Waals surface area (Å²) in [6.07, 6.45) is 3.46. The van der Waals surface area contributed by atoms with Gasteiger partial charge >= 0.3 is 0 Å². The second kappa shape index (κ2) is 6.05. The van der Waals surface area contributed by atoms with Crippen molar-refractivity contribution in [3.05, 3.63) is 0 Å². The summed E-state index contributed by atoms with van der Waals surface area (Å²) in [4.78, 5) is 0. The van der Waals surface area contributed by atoms with Crippen LogP contribution in [-0.2, 0) is 0 Å². The van der Waals surface area contributed by atoms with Gasteiger partial charge in [-0.2, -0.15) is 0 Å². The molecule has 3 N–H and O–H groups in total. The Bertz CT molecular complexity index is 54.9.